The van der Waals surface area contributed by atoms with Crippen molar-refractivity contribution >= 4 is 0 Å². The number of hydrogen-bond acceptors (Lipinski definition) is 2. The second-order valence-electron chi connectivity index (χ2n) is 3.04. The molecule has 0 aliphatic heterocycles. The van der Waals surface area contributed by atoms with Gasteiger partial charge in [0.1, 0.15) is 6.79 Å². The molecule has 0 saturated heterocycles. The van der Waals surface area contributed by atoms with Gasteiger partial charge in [0.05, 0.1) is 6.10 Å². The Morgan fingerprint density at radius 3 is 2.55 bits per heavy atom. The smallest absolute Gasteiger partial charge is 0.147 e. The Kier molecular flexibility index (Phi) is 4.55. The maximum atomic E-state index is 5.50. The largest absolute Gasteiger partial charge is 0.356 e. The summed E-state index contributed by atoms with van der Waals surface area (Å²) < 4.78 is 10.6. The maximum Gasteiger partial charge on any atom is 0.147 e. The Morgan fingerprint density at radius 2 is 1.91 bits per heavy atom. The third-order valence-electron chi connectivity index (χ3n) is 2.14. The fourth-order valence-corrected chi connectivity index (χ4v) is 1.46. The van der Waals surface area contributed by atoms with Gasteiger partial charge in [-0.05, 0) is 19.8 Å². The summed E-state index contributed by atoms with van der Waals surface area (Å²) in [6.07, 6.45) is 6.98. The van der Waals surface area contributed by atoms with E-state index in [0.717, 1.165) is 6.61 Å². The Morgan fingerprint density at radius 1 is 1.18 bits per heavy atom. The highest BCUT2D eigenvalue weighted by molar-refractivity contribution is 4.64. The van der Waals surface area contributed by atoms with Crippen LogP contribution in [0.1, 0.15) is 39.0 Å². The Hall–Kier alpha value is -0.0800. The van der Waals surface area contributed by atoms with Crippen molar-refractivity contribution < 1.29 is 9.47 Å². The van der Waals surface area contributed by atoms with Crippen molar-refractivity contribution in [2.75, 3.05) is 13.4 Å². The fraction of sp³-hybridized carbons (Fsp3) is 1.00. The van der Waals surface area contributed by atoms with Crippen LogP contribution in [-0.4, -0.2) is 19.5 Å². The summed E-state index contributed by atoms with van der Waals surface area (Å²) in [5.41, 5.74) is 0. The van der Waals surface area contributed by atoms with Crippen LogP contribution in [0.15, 0.2) is 0 Å². The molecule has 1 fully saturated rings. The molecule has 0 spiro atoms. The lowest BCUT2D eigenvalue weighted by Crippen LogP contribution is -2.18. The lowest BCUT2D eigenvalue weighted by atomic mass is 9.98. The second-order valence-corrected chi connectivity index (χ2v) is 3.04. The van der Waals surface area contributed by atoms with Crippen molar-refractivity contribution in [2.24, 2.45) is 0 Å². The topological polar surface area (TPSA) is 18.5 Å². The predicted molar refractivity (Wildman–Crippen MR) is 44.5 cm³/mol. The monoisotopic (exact) mass is 158 g/mol. The van der Waals surface area contributed by atoms with Gasteiger partial charge in [0.2, 0.25) is 0 Å². The lowest BCUT2D eigenvalue weighted by Gasteiger charge is -2.21. The van der Waals surface area contributed by atoms with Crippen LogP contribution in [0.4, 0.5) is 0 Å². The highest BCUT2D eigenvalue weighted by Crippen LogP contribution is 2.19. The minimum Gasteiger partial charge on any atom is -0.356 e. The van der Waals surface area contributed by atoms with E-state index in [9.17, 15) is 0 Å². The molecule has 0 aromatic heterocycles. The van der Waals surface area contributed by atoms with E-state index in [1.165, 1.54) is 32.1 Å². The zero-order chi connectivity index (χ0) is 7.94. The van der Waals surface area contributed by atoms with Crippen molar-refractivity contribution in [1.82, 2.24) is 0 Å². The van der Waals surface area contributed by atoms with Crippen LogP contribution in [0, 0.1) is 0 Å². The molecule has 0 heterocycles. The normalized spacial score (nSPS) is 20.5. The third kappa shape index (κ3) is 3.73. The molecule has 1 rings (SSSR count). The molecule has 0 unspecified atom stereocenters. The first-order valence-corrected chi connectivity index (χ1v) is 4.63. The molecule has 11 heavy (non-hydrogen) atoms. The van der Waals surface area contributed by atoms with Crippen LogP contribution in [0.25, 0.3) is 0 Å². The molecule has 0 atom stereocenters. The van der Waals surface area contributed by atoms with E-state index in [2.05, 4.69) is 0 Å². The summed E-state index contributed by atoms with van der Waals surface area (Å²) >= 11 is 0. The number of rotatable bonds is 4. The number of hydrogen-bond donors (Lipinski definition) is 0. The lowest BCUT2D eigenvalue weighted by molar-refractivity contribution is -0.0951. The second kappa shape index (κ2) is 5.56. The standard InChI is InChI=1S/C9H18O2/c1-2-10-8-11-9-6-4-3-5-7-9/h9H,2-8H2,1H3. The van der Waals surface area contributed by atoms with Gasteiger partial charge in [0.25, 0.3) is 0 Å². The SMILES string of the molecule is CCOCOC1CCCCC1. The molecule has 0 amide bonds. The van der Waals surface area contributed by atoms with Gasteiger partial charge in [-0.25, -0.2) is 0 Å². The minimum atomic E-state index is 0.482. The van der Waals surface area contributed by atoms with Gasteiger partial charge >= 0.3 is 0 Å². The summed E-state index contributed by atoms with van der Waals surface area (Å²) in [5.74, 6) is 0. The summed E-state index contributed by atoms with van der Waals surface area (Å²) in [6.45, 7) is 3.23. The molecule has 0 aromatic rings. The van der Waals surface area contributed by atoms with Crippen LogP contribution < -0.4 is 0 Å². The highest BCUT2D eigenvalue weighted by Gasteiger charge is 2.12. The van der Waals surface area contributed by atoms with Crippen molar-refractivity contribution in [3.63, 3.8) is 0 Å². The fourth-order valence-electron chi connectivity index (χ4n) is 1.46. The predicted octanol–water partition coefficient (Wildman–Crippen LogP) is 2.33. The summed E-state index contributed by atoms with van der Waals surface area (Å²) in [4.78, 5) is 0. The molecule has 1 saturated carbocycles. The summed E-state index contributed by atoms with van der Waals surface area (Å²) in [7, 11) is 0. The van der Waals surface area contributed by atoms with Gasteiger partial charge in [-0.2, -0.15) is 0 Å². The van der Waals surface area contributed by atoms with E-state index in [4.69, 9.17) is 9.47 Å². The maximum absolute atomic E-state index is 5.50. The molecule has 0 radical (unpaired) electrons. The molecule has 0 aromatic carbocycles. The molecule has 2 heteroatoms. The first-order chi connectivity index (χ1) is 5.43. The average molecular weight is 158 g/mol. The molecule has 0 N–H and O–H groups in total. The van der Waals surface area contributed by atoms with Crippen LogP contribution in [0.2, 0.25) is 0 Å². The molecular weight excluding hydrogens is 140 g/mol. The zero-order valence-corrected chi connectivity index (χ0v) is 7.34. The summed E-state index contributed by atoms with van der Waals surface area (Å²) in [6, 6.07) is 0. The van der Waals surface area contributed by atoms with Crippen LogP contribution in [-0.2, 0) is 9.47 Å². The Balaban J connectivity index is 1.96. The molecule has 66 valence electrons. The van der Waals surface area contributed by atoms with E-state index >= 15 is 0 Å². The van der Waals surface area contributed by atoms with Gasteiger partial charge in [-0.15, -0.1) is 0 Å². The van der Waals surface area contributed by atoms with Gasteiger partial charge in [0.15, 0.2) is 0 Å². The first kappa shape index (κ1) is 9.01. The quantitative estimate of drug-likeness (QED) is 0.462. The van der Waals surface area contributed by atoms with Crippen LogP contribution >= 0.6 is 0 Å². The van der Waals surface area contributed by atoms with E-state index in [1.54, 1.807) is 0 Å². The molecule has 1 aliphatic carbocycles. The molecule has 2 nitrogen and oxygen atoms in total. The highest BCUT2D eigenvalue weighted by atomic mass is 16.7. The van der Waals surface area contributed by atoms with Crippen molar-refractivity contribution in [3.05, 3.63) is 0 Å². The third-order valence-corrected chi connectivity index (χ3v) is 2.14. The van der Waals surface area contributed by atoms with Gasteiger partial charge < -0.3 is 9.47 Å². The molecular formula is C9H18O2. The van der Waals surface area contributed by atoms with Gasteiger partial charge in [-0.3, -0.25) is 0 Å². The Labute approximate surface area is 68.9 Å². The first-order valence-electron chi connectivity index (χ1n) is 4.63. The van der Waals surface area contributed by atoms with E-state index in [-0.39, 0.29) is 0 Å². The van der Waals surface area contributed by atoms with Crippen LogP contribution in [0.3, 0.4) is 0 Å². The van der Waals surface area contributed by atoms with E-state index < -0.39 is 0 Å². The summed E-state index contributed by atoms with van der Waals surface area (Å²) in [5, 5.41) is 0. The van der Waals surface area contributed by atoms with Crippen molar-refractivity contribution in [3.8, 4) is 0 Å². The van der Waals surface area contributed by atoms with Gasteiger partial charge in [0, 0.05) is 6.61 Å². The van der Waals surface area contributed by atoms with Gasteiger partial charge in [-0.1, -0.05) is 19.3 Å². The molecule has 0 bridgehead atoms. The zero-order valence-electron chi connectivity index (χ0n) is 7.34. The average Bonchev–Trinajstić information content (AvgIpc) is 2.07. The van der Waals surface area contributed by atoms with Crippen molar-refractivity contribution in [1.29, 1.82) is 0 Å². The number of ether oxygens (including phenoxy) is 2. The van der Waals surface area contributed by atoms with Crippen LogP contribution in [0.5, 0.6) is 0 Å². The minimum absolute atomic E-state index is 0.482. The van der Waals surface area contributed by atoms with E-state index in [0.29, 0.717) is 12.9 Å². The van der Waals surface area contributed by atoms with Crippen molar-refractivity contribution in [2.45, 2.75) is 45.1 Å². The van der Waals surface area contributed by atoms with E-state index in [1.807, 2.05) is 6.92 Å². The Bertz CT molecular complexity index is 87.6. The molecule has 1 aliphatic rings.